The molecule has 1 amide bonds. The lowest BCUT2D eigenvalue weighted by molar-refractivity contribution is -0.181. The van der Waals surface area contributed by atoms with Crippen LogP contribution in [0.3, 0.4) is 0 Å². The van der Waals surface area contributed by atoms with Crippen LogP contribution in [0, 0.1) is 0 Å². The number of carbonyl (C=O) groups excluding carboxylic acids is 3. The second kappa shape index (κ2) is 6.00. The Hall–Kier alpha value is -1.59. The number of amides is 1. The quantitative estimate of drug-likeness (QED) is 0.486. The molecule has 0 bridgehead atoms. The van der Waals surface area contributed by atoms with Crippen LogP contribution in [0.4, 0.5) is 0 Å². The second-order valence-corrected chi connectivity index (χ2v) is 2.84. The summed E-state index contributed by atoms with van der Waals surface area (Å²) >= 11 is 0. The van der Waals surface area contributed by atoms with Crippen molar-refractivity contribution in [2.75, 3.05) is 13.7 Å². The fourth-order valence-electron chi connectivity index (χ4n) is 0.821. The number of nitrogens with zero attached hydrogens (tertiary/aromatic N) is 1. The Bertz CT molecular complexity index is 263. The summed E-state index contributed by atoms with van der Waals surface area (Å²) in [6.07, 6.45) is -1.31. The van der Waals surface area contributed by atoms with Crippen LogP contribution < -0.4 is 0 Å². The van der Waals surface area contributed by atoms with Crippen molar-refractivity contribution in [2.24, 2.45) is 0 Å². The molecule has 6 nitrogen and oxygen atoms in total. The summed E-state index contributed by atoms with van der Waals surface area (Å²) in [5.41, 5.74) is 0. The average Bonchev–Trinajstić information content (AvgIpc) is 2.13. The second-order valence-electron chi connectivity index (χ2n) is 2.84. The highest BCUT2D eigenvalue weighted by molar-refractivity contribution is 5.84. The van der Waals surface area contributed by atoms with Crippen LogP contribution in [0.5, 0.6) is 0 Å². The lowest BCUT2D eigenvalue weighted by atomic mass is 10.4. The van der Waals surface area contributed by atoms with Gasteiger partial charge in [-0.25, -0.2) is 4.79 Å². The molecule has 0 radical (unpaired) electrons. The lowest BCUT2D eigenvalue weighted by Crippen LogP contribution is -2.45. The standard InChI is InChI=1S/C9H15NO5/c1-5-14-9(13)8(15-7(3)12)10(4)6(2)11/h8H,5H2,1-4H3. The molecule has 0 aliphatic rings. The third-order valence-electron chi connectivity index (χ3n) is 1.61. The summed E-state index contributed by atoms with van der Waals surface area (Å²) < 4.78 is 9.35. The summed E-state index contributed by atoms with van der Waals surface area (Å²) in [6.45, 7) is 4.19. The molecule has 0 aromatic rings. The minimum Gasteiger partial charge on any atom is -0.462 e. The van der Waals surface area contributed by atoms with Gasteiger partial charge in [0, 0.05) is 20.9 Å². The van der Waals surface area contributed by atoms with E-state index in [0.29, 0.717) is 0 Å². The summed E-state index contributed by atoms with van der Waals surface area (Å²) in [6, 6.07) is 0. The van der Waals surface area contributed by atoms with E-state index in [1.165, 1.54) is 14.0 Å². The zero-order valence-corrected chi connectivity index (χ0v) is 9.27. The molecule has 6 heteroatoms. The molecule has 0 saturated heterocycles. The number of esters is 2. The Labute approximate surface area is 88.1 Å². The molecule has 0 fully saturated rings. The summed E-state index contributed by atoms with van der Waals surface area (Å²) in [7, 11) is 1.35. The summed E-state index contributed by atoms with van der Waals surface area (Å²) in [5, 5.41) is 0. The minimum absolute atomic E-state index is 0.155. The van der Waals surface area contributed by atoms with Gasteiger partial charge in [0.1, 0.15) is 0 Å². The molecule has 0 aromatic heterocycles. The van der Waals surface area contributed by atoms with Gasteiger partial charge in [-0.05, 0) is 6.92 Å². The number of hydrogen-bond acceptors (Lipinski definition) is 5. The molecule has 0 spiro atoms. The topological polar surface area (TPSA) is 72.9 Å². The highest BCUT2D eigenvalue weighted by Crippen LogP contribution is 2.03. The van der Waals surface area contributed by atoms with E-state index in [1.54, 1.807) is 6.92 Å². The molecule has 0 aliphatic heterocycles. The molecular weight excluding hydrogens is 202 g/mol. The Balaban J connectivity index is 4.63. The van der Waals surface area contributed by atoms with Gasteiger partial charge in [-0.15, -0.1) is 0 Å². The SMILES string of the molecule is CCOC(=O)C(OC(C)=O)N(C)C(C)=O. The Morgan fingerprint density at radius 3 is 2.13 bits per heavy atom. The normalized spacial score (nSPS) is 11.5. The average molecular weight is 217 g/mol. The molecule has 0 aromatic carbocycles. The fraction of sp³-hybridized carbons (Fsp3) is 0.667. The first-order valence-electron chi connectivity index (χ1n) is 4.47. The van der Waals surface area contributed by atoms with E-state index in [0.717, 1.165) is 11.8 Å². The van der Waals surface area contributed by atoms with Crippen molar-refractivity contribution in [2.45, 2.75) is 27.0 Å². The third-order valence-corrected chi connectivity index (χ3v) is 1.61. The molecule has 0 N–H and O–H groups in total. The van der Waals surface area contributed by atoms with Gasteiger partial charge in [0.25, 0.3) is 6.23 Å². The van der Waals surface area contributed by atoms with Crippen molar-refractivity contribution in [3.05, 3.63) is 0 Å². The molecule has 0 saturated carbocycles. The lowest BCUT2D eigenvalue weighted by Gasteiger charge is -2.24. The molecule has 0 heterocycles. The van der Waals surface area contributed by atoms with E-state index in [9.17, 15) is 14.4 Å². The van der Waals surface area contributed by atoms with Crippen molar-refractivity contribution in [3.63, 3.8) is 0 Å². The molecular formula is C9H15NO5. The first-order valence-corrected chi connectivity index (χ1v) is 4.47. The zero-order chi connectivity index (χ0) is 12.0. The maximum Gasteiger partial charge on any atom is 0.369 e. The number of likely N-dealkylation sites (N-methyl/N-ethyl adjacent to an activating group) is 1. The molecule has 1 unspecified atom stereocenters. The molecule has 15 heavy (non-hydrogen) atoms. The van der Waals surface area contributed by atoms with Crippen LogP contribution in [0.25, 0.3) is 0 Å². The molecule has 86 valence electrons. The van der Waals surface area contributed by atoms with Crippen molar-refractivity contribution in [3.8, 4) is 0 Å². The van der Waals surface area contributed by atoms with Crippen LogP contribution >= 0.6 is 0 Å². The Morgan fingerprint density at radius 1 is 1.27 bits per heavy atom. The number of rotatable bonds is 4. The molecule has 0 rings (SSSR count). The van der Waals surface area contributed by atoms with Gasteiger partial charge in [-0.1, -0.05) is 0 Å². The van der Waals surface area contributed by atoms with Crippen LogP contribution in [-0.2, 0) is 23.9 Å². The van der Waals surface area contributed by atoms with Crippen LogP contribution in [-0.4, -0.2) is 42.6 Å². The molecule has 0 aliphatic carbocycles. The van der Waals surface area contributed by atoms with Crippen molar-refractivity contribution >= 4 is 17.8 Å². The predicted octanol–water partition coefficient (Wildman–Crippen LogP) is -0.0830. The summed E-state index contributed by atoms with van der Waals surface area (Å²) in [5.74, 6) is -1.80. The maximum absolute atomic E-state index is 11.3. The van der Waals surface area contributed by atoms with E-state index in [4.69, 9.17) is 0 Å². The van der Waals surface area contributed by atoms with Crippen molar-refractivity contribution in [1.29, 1.82) is 0 Å². The maximum atomic E-state index is 11.3. The highest BCUT2D eigenvalue weighted by atomic mass is 16.6. The molecule has 1 atom stereocenters. The fourth-order valence-corrected chi connectivity index (χ4v) is 0.821. The van der Waals surface area contributed by atoms with Crippen molar-refractivity contribution < 1.29 is 23.9 Å². The van der Waals surface area contributed by atoms with E-state index < -0.39 is 24.1 Å². The van der Waals surface area contributed by atoms with Gasteiger partial charge in [0.15, 0.2) is 0 Å². The van der Waals surface area contributed by atoms with E-state index in [1.807, 2.05) is 0 Å². The highest BCUT2D eigenvalue weighted by Gasteiger charge is 2.29. The van der Waals surface area contributed by atoms with Gasteiger partial charge >= 0.3 is 11.9 Å². The number of hydrogen-bond donors (Lipinski definition) is 0. The van der Waals surface area contributed by atoms with Gasteiger partial charge < -0.3 is 14.4 Å². The zero-order valence-electron chi connectivity index (χ0n) is 9.27. The largest absolute Gasteiger partial charge is 0.462 e. The Kier molecular flexibility index (Phi) is 5.36. The van der Waals surface area contributed by atoms with Crippen molar-refractivity contribution in [1.82, 2.24) is 4.90 Å². The van der Waals surface area contributed by atoms with Crippen LogP contribution in [0.15, 0.2) is 0 Å². The first-order chi connectivity index (χ1) is 6.90. The van der Waals surface area contributed by atoms with Gasteiger partial charge in [0.2, 0.25) is 5.91 Å². The van der Waals surface area contributed by atoms with E-state index in [2.05, 4.69) is 9.47 Å². The third kappa shape index (κ3) is 4.44. The van der Waals surface area contributed by atoms with Gasteiger partial charge in [0.05, 0.1) is 6.61 Å². The monoisotopic (exact) mass is 217 g/mol. The van der Waals surface area contributed by atoms with E-state index >= 15 is 0 Å². The Morgan fingerprint density at radius 2 is 1.80 bits per heavy atom. The number of carbonyl (C=O) groups is 3. The minimum atomic E-state index is -1.31. The van der Waals surface area contributed by atoms with E-state index in [-0.39, 0.29) is 6.61 Å². The summed E-state index contributed by atoms with van der Waals surface area (Å²) in [4.78, 5) is 34.1. The first kappa shape index (κ1) is 13.4. The van der Waals surface area contributed by atoms with Crippen LogP contribution in [0.2, 0.25) is 0 Å². The van der Waals surface area contributed by atoms with Crippen LogP contribution in [0.1, 0.15) is 20.8 Å². The van der Waals surface area contributed by atoms with Gasteiger partial charge in [-0.2, -0.15) is 0 Å². The number of ether oxygens (including phenoxy) is 2. The predicted molar refractivity (Wildman–Crippen MR) is 50.6 cm³/mol. The smallest absolute Gasteiger partial charge is 0.369 e. The van der Waals surface area contributed by atoms with Gasteiger partial charge in [-0.3, -0.25) is 9.59 Å².